The number of carbonyl (C=O) groups excluding carboxylic acids is 1. The summed E-state index contributed by atoms with van der Waals surface area (Å²) in [5.74, 6) is 0.0249. The van der Waals surface area contributed by atoms with E-state index in [2.05, 4.69) is 28.9 Å². The van der Waals surface area contributed by atoms with Crippen LogP contribution in [0.1, 0.15) is 23.8 Å². The summed E-state index contributed by atoms with van der Waals surface area (Å²) in [6, 6.07) is 8.61. The first-order valence-electron chi connectivity index (χ1n) is 9.89. The van der Waals surface area contributed by atoms with Gasteiger partial charge in [-0.25, -0.2) is 4.98 Å². The summed E-state index contributed by atoms with van der Waals surface area (Å²) in [4.78, 5) is 18.7. The molecule has 0 saturated heterocycles. The number of carbonyl (C=O) groups is 1. The molecule has 29 heavy (non-hydrogen) atoms. The number of aromatic nitrogens is 1. The average Bonchev–Trinajstić information content (AvgIpc) is 3.27. The second-order valence-electron chi connectivity index (χ2n) is 7.22. The number of ether oxygens (including phenoxy) is 1. The monoisotopic (exact) mass is 430 g/mol. The van der Waals surface area contributed by atoms with E-state index in [4.69, 9.17) is 9.72 Å². The molecule has 0 aliphatic carbocycles. The molecule has 3 N–H and O–H groups in total. The van der Waals surface area contributed by atoms with E-state index in [0.29, 0.717) is 25.6 Å². The second-order valence-corrected chi connectivity index (χ2v) is 9.36. The molecule has 1 atom stereocenters. The molecule has 0 fully saturated rings. The molecule has 1 aromatic carbocycles. The molecule has 1 aliphatic rings. The Morgan fingerprint density at radius 2 is 2.17 bits per heavy atom. The number of rotatable bonds is 8. The van der Waals surface area contributed by atoms with E-state index in [0.717, 1.165) is 40.6 Å². The van der Waals surface area contributed by atoms with Crippen molar-refractivity contribution in [3.63, 3.8) is 0 Å². The lowest BCUT2D eigenvalue weighted by molar-refractivity contribution is -0.116. The highest BCUT2D eigenvalue weighted by Gasteiger charge is 2.27. The minimum atomic E-state index is 0.0249. The fourth-order valence-electron chi connectivity index (χ4n) is 3.50. The van der Waals surface area contributed by atoms with Gasteiger partial charge in [0.05, 0.1) is 16.8 Å². The summed E-state index contributed by atoms with van der Waals surface area (Å²) in [5, 5.41) is 11.8. The zero-order chi connectivity index (χ0) is 20.2. The summed E-state index contributed by atoms with van der Waals surface area (Å²) >= 11 is 3.37. The molecule has 0 radical (unpaired) electrons. The van der Waals surface area contributed by atoms with Gasteiger partial charge in [-0.1, -0.05) is 12.1 Å². The minimum absolute atomic E-state index is 0.0249. The predicted molar refractivity (Wildman–Crippen MR) is 121 cm³/mol. The van der Waals surface area contributed by atoms with Crippen LogP contribution in [0.2, 0.25) is 0 Å². The normalized spacial score (nSPS) is 16.1. The van der Waals surface area contributed by atoms with Gasteiger partial charge in [0, 0.05) is 49.6 Å². The molecule has 0 unspecified atom stereocenters. The number of nitrogens with one attached hydrogen (secondary N) is 3. The molecular formula is C21H26N4O2S2. The van der Waals surface area contributed by atoms with Crippen molar-refractivity contribution in [1.82, 2.24) is 15.6 Å². The third-order valence-corrected chi connectivity index (χ3v) is 7.19. The number of nitrogens with zero attached hydrogens (tertiary/aromatic N) is 1. The number of hydrogen-bond acceptors (Lipinski definition) is 7. The molecule has 4 rings (SSSR count). The van der Waals surface area contributed by atoms with Gasteiger partial charge in [-0.2, -0.15) is 0 Å². The highest BCUT2D eigenvalue weighted by molar-refractivity contribution is 7.22. The van der Waals surface area contributed by atoms with Gasteiger partial charge < -0.3 is 20.7 Å². The molecule has 0 saturated carbocycles. The van der Waals surface area contributed by atoms with Crippen LogP contribution in [0, 0.1) is 0 Å². The first kappa shape index (κ1) is 20.4. The van der Waals surface area contributed by atoms with Crippen molar-refractivity contribution in [3.05, 3.63) is 34.7 Å². The number of anilines is 1. The first-order chi connectivity index (χ1) is 14.2. The van der Waals surface area contributed by atoms with Crippen LogP contribution < -0.4 is 16.0 Å². The van der Waals surface area contributed by atoms with Gasteiger partial charge in [0.15, 0.2) is 0 Å². The van der Waals surface area contributed by atoms with Gasteiger partial charge in [-0.15, -0.1) is 22.7 Å². The fourth-order valence-corrected chi connectivity index (χ4v) is 5.81. The quantitative estimate of drug-likeness (QED) is 0.476. The third-order valence-electron chi connectivity index (χ3n) is 4.98. The Hall–Kier alpha value is -1.84. The topological polar surface area (TPSA) is 75.3 Å². The Morgan fingerprint density at radius 1 is 1.31 bits per heavy atom. The molecule has 8 heteroatoms. The largest absolute Gasteiger partial charge is 0.383 e. The van der Waals surface area contributed by atoms with Gasteiger partial charge in [0.2, 0.25) is 5.91 Å². The Labute approximate surface area is 178 Å². The van der Waals surface area contributed by atoms with E-state index in [1.807, 2.05) is 18.2 Å². The van der Waals surface area contributed by atoms with Crippen LogP contribution in [0.25, 0.3) is 20.8 Å². The van der Waals surface area contributed by atoms with E-state index >= 15 is 0 Å². The molecule has 2 aromatic heterocycles. The van der Waals surface area contributed by atoms with Crippen LogP contribution >= 0.6 is 22.7 Å². The molecular weight excluding hydrogens is 404 g/mol. The van der Waals surface area contributed by atoms with Crippen molar-refractivity contribution in [1.29, 1.82) is 0 Å². The van der Waals surface area contributed by atoms with Gasteiger partial charge in [0.1, 0.15) is 10.0 Å². The van der Waals surface area contributed by atoms with Crippen molar-refractivity contribution in [2.24, 2.45) is 0 Å². The molecule has 3 heterocycles. The van der Waals surface area contributed by atoms with E-state index in [1.165, 1.54) is 15.1 Å². The summed E-state index contributed by atoms with van der Waals surface area (Å²) < 4.78 is 6.19. The van der Waals surface area contributed by atoms with Gasteiger partial charge in [-0.3, -0.25) is 4.79 Å². The standard InChI is InChI=1S/C21H26N4O2S2/c1-13-11-14-17(12-23-13)29-21(25-18(26)7-8-22-9-10-27-2)19(14)20-24-15-5-3-4-6-16(15)28-20/h3-6,13,22-23H,7-12H2,1-2H3,(H,25,26)/t13-/m1/s1. The zero-order valence-corrected chi connectivity index (χ0v) is 18.3. The average molecular weight is 431 g/mol. The predicted octanol–water partition coefficient (Wildman–Crippen LogP) is 3.62. The number of fused-ring (bicyclic) bond motifs is 2. The van der Waals surface area contributed by atoms with Gasteiger partial charge in [-0.05, 0) is 31.0 Å². The molecule has 154 valence electrons. The van der Waals surface area contributed by atoms with Crippen LogP contribution in [-0.2, 0) is 22.5 Å². The second kappa shape index (κ2) is 9.32. The van der Waals surface area contributed by atoms with E-state index < -0.39 is 0 Å². The Morgan fingerprint density at radius 3 is 3.00 bits per heavy atom. The smallest absolute Gasteiger partial charge is 0.226 e. The van der Waals surface area contributed by atoms with Crippen molar-refractivity contribution < 1.29 is 9.53 Å². The van der Waals surface area contributed by atoms with Crippen molar-refractivity contribution in [2.75, 3.05) is 32.1 Å². The number of benzene rings is 1. The lowest BCUT2D eigenvalue weighted by Gasteiger charge is -2.20. The van der Waals surface area contributed by atoms with Crippen molar-refractivity contribution >= 4 is 43.8 Å². The van der Waals surface area contributed by atoms with E-state index in [9.17, 15) is 4.79 Å². The van der Waals surface area contributed by atoms with Crippen LogP contribution in [0.3, 0.4) is 0 Å². The number of hydrogen-bond donors (Lipinski definition) is 3. The van der Waals surface area contributed by atoms with Crippen LogP contribution in [-0.4, -0.2) is 43.7 Å². The Balaban J connectivity index is 1.59. The number of thiophene rings is 1. The lowest BCUT2D eigenvalue weighted by Crippen LogP contribution is -2.32. The van der Waals surface area contributed by atoms with Crippen LogP contribution in [0.4, 0.5) is 5.00 Å². The summed E-state index contributed by atoms with van der Waals surface area (Å²) in [7, 11) is 1.67. The number of amides is 1. The highest BCUT2D eigenvalue weighted by Crippen LogP contribution is 2.45. The number of para-hydroxylation sites is 1. The fraction of sp³-hybridized carbons (Fsp3) is 0.429. The maximum absolute atomic E-state index is 12.6. The molecule has 3 aromatic rings. The number of methoxy groups -OCH3 is 1. The van der Waals surface area contributed by atoms with E-state index in [1.54, 1.807) is 29.8 Å². The van der Waals surface area contributed by atoms with Crippen molar-refractivity contribution in [2.45, 2.75) is 32.4 Å². The first-order valence-corrected chi connectivity index (χ1v) is 11.5. The Bertz CT molecular complexity index is 965. The SMILES string of the molecule is COCCNCCC(=O)Nc1sc2c(c1-c1nc3ccccc3s1)C[C@@H](C)NC2. The number of thiazole rings is 1. The molecule has 0 bridgehead atoms. The third kappa shape index (κ3) is 4.67. The zero-order valence-electron chi connectivity index (χ0n) is 16.7. The summed E-state index contributed by atoms with van der Waals surface area (Å²) in [6.07, 6.45) is 1.38. The molecule has 0 spiro atoms. The van der Waals surface area contributed by atoms with Crippen LogP contribution in [0.5, 0.6) is 0 Å². The Kier molecular flexibility index (Phi) is 6.56. The highest BCUT2D eigenvalue weighted by atomic mass is 32.1. The molecule has 6 nitrogen and oxygen atoms in total. The van der Waals surface area contributed by atoms with E-state index in [-0.39, 0.29) is 5.91 Å². The maximum Gasteiger partial charge on any atom is 0.226 e. The van der Waals surface area contributed by atoms with Crippen molar-refractivity contribution in [3.8, 4) is 10.6 Å². The molecule has 1 aliphatic heterocycles. The van der Waals surface area contributed by atoms with Gasteiger partial charge >= 0.3 is 0 Å². The molecule has 1 amide bonds. The minimum Gasteiger partial charge on any atom is -0.383 e. The van der Waals surface area contributed by atoms with Crippen LogP contribution in [0.15, 0.2) is 24.3 Å². The summed E-state index contributed by atoms with van der Waals surface area (Å²) in [5.41, 5.74) is 3.45. The maximum atomic E-state index is 12.6. The van der Waals surface area contributed by atoms with Gasteiger partial charge in [0.25, 0.3) is 0 Å². The summed E-state index contributed by atoms with van der Waals surface area (Å²) in [6.45, 7) is 5.07. The lowest BCUT2D eigenvalue weighted by atomic mass is 9.99.